The molecule has 192 valence electrons. The van der Waals surface area contributed by atoms with Crippen LogP contribution in [0, 0.1) is 5.41 Å². The number of unbranched alkanes of at least 4 members (excludes halogenated alkanes) is 1. The summed E-state index contributed by atoms with van der Waals surface area (Å²) in [5, 5.41) is 2.78. The molecule has 5 nitrogen and oxygen atoms in total. The number of rotatable bonds is 7. The topological polar surface area (TPSA) is 74.4 Å². The maximum Gasteiger partial charge on any atom is 0.197 e. The minimum atomic E-state index is -0.346. The molecule has 0 saturated heterocycles. The van der Waals surface area contributed by atoms with E-state index in [1.165, 1.54) is 11.3 Å². The number of ketones is 1. The van der Waals surface area contributed by atoms with Crippen LogP contribution in [-0.2, 0) is 9.53 Å². The van der Waals surface area contributed by atoms with Gasteiger partial charge in [0.05, 0.1) is 17.9 Å². The average Bonchev–Trinajstić information content (AvgIpc) is 3.33. The van der Waals surface area contributed by atoms with Crippen LogP contribution >= 0.6 is 27.3 Å². The summed E-state index contributed by atoms with van der Waals surface area (Å²) in [6.07, 6.45) is 3.23. The summed E-state index contributed by atoms with van der Waals surface area (Å²) in [4.78, 5) is 18.5. The van der Waals surface area contributed by atoms with Gasteiger partial charge >= 0.3 is 0 Å². The van der Waals surface area contributed by atoms with Crippen molar-refractivity contribution >= 4 is 38.6 Å². The van der Waals surface area contributed by atoms with E-state index in [9.17, 15) is 4.79 Å². The van der Waals surface area contributed by atoms with Gasteiger partial charge in [-0.05, 0) is 41.7 Å². The van der Waals surface area contributed by atoms with E-state index in [-0.39, 0.29) is 17.1 Å². The third-order valence-electron chi connectivity index (χ3n) is 6.81. The molecule has 0 spiro atoms. The number of hydrogen-bond donors (Lipinski definition) is 1. The first-order valence-electron chi connectivity index (χ1n) is 12.6. The molecule has 0 unspecified atom stereocenters. The lowest BCUT2D eigenvalue weighted by Gasteiger charge is -2.38. The van der Waals surface area contributed by atoms with Crippen LogP contribution in [0.2, 0.25) is 0 Å². The van der Waals surface area contributed by atoms with Gasteiger partial charge in [0.2, 0.25) is 0 Å². The molecule has 0 radical (unpaired) electrons. The molecule has 1 aromatic heterocycles. The summed E-state index contributed by atoms with van der Waals surface area (Å²) in [6, 6.07) is 16.1. The number of carbonyl (C=O) groups is 1. The molecule has 0 bridgehead atoms. The lowest BCUT2D eigenvalue weighted by Crippen LogP contribution is -2.33. The Hall–Kier alpha value is -2.90. The Bertz CT molecular complexity index is 1370. The number of ether oxygens (including phenoxy) is 2. The summed E-state index contributed by atoms with van der Waals surface area (Å²) >= 11 is 5.01. The summed E-state index contributed by atoms with van der Waals surface area (Å²) in [5.74, 6) is 1.57. The van der Waals surface area contributed by atoms with Crippen LogP contribution in [0.3, 0.4) is 0 Å². The first-order chi connectivity index (χ1) is 17.8. The fraction of sp³-hybridized carbons (Fsp3) is 0.333. The van der Waals surface area contributed by atoms with E-state index in [1.54, 1.807) is 0 Å². The first kappa shape index (κ1) is 25.7. The van der Waals surface area contributed by atoms with Gasteiger partial charge in [0, 0.05) is 39.7 Å². The Kier molecular flexibility index (Phi) is 7.28. The van der Waals surface area contributed by atoms with Gasteiger partial charge < -0.3 is 15.2 Å². The number of carbonyl (C=O) groups excluding carboxylic acids is 1. The zero-order valence-electron chi connectivity index (χ0n) is 21.3. The Morgan fingerprint density at radius 3 is 2.54 bits per heavy atom. The van der Waals surface area contributed by atoms with Crippen LogP contribution in [0.4, 0.5) is 0 Å². The monoisotopic (exact) mass is 578 g/mol. The third kappa shape index (κ3) is 5.39. The molecule has 7 heteroatoms. The van der Waals surface area contributed by atoms with Crippen LogP contribution in [-0.4, -0.2) is 17.4 Å². The van der Waals surface area contributed by atoms with Gasteiger partial charge in [-0.2, -0.15) is 0 Å². The molecule has 0 saturated carbocycles. The Morgan fingerprint density at radius 2 is 1.84 bits per heavy atom. The largest absolute Gasteiger partial charge is 0.494 e. The van der Waals surface area contributed by atoms with Crippen LogP contribution in [0.15, 0.2) is 75.6 Å². The Morgan fingerprint density at radius 1 is 1.11 bits per heavy atom. The predicted molar refractivity (Wildman–Crippen MR) is 152 cm³/mol. The van der Waals surface area contributed by atoms with Gasteiger partial charge in [-0.1, -0.05) is 67.4 Å². The highest BCUT2D eigenvalue weighted by Crippen LogP contribution is 2.51. The number of nitrogens with zero attached hydrogens (tertiary/aromatic N) is 1. The second-order valence-electron chi connectivity index (χ2n) is 10.4. The Balaban J connectivity index is 1.57. The number of benzene rings is 2. The number of allylic oxidation sites excluding steroid dienone is 3. The second-order valence-corrected chi connectivity index (χ2v) is 12.2. The van der Waals surface area contributed by atoms with Crippen molar-refractivity contribution in [2.24, 2.45) is 11.1 Å². The highest BCUT2D eigenvalue weighted by Gasteiger charge is 2.43. The van der Waals surface area contributed by atoms with Gasteiger partial charge in [0.25, 0.3) is 0 Å². The quantitative estimate of drug-likeness (QED) is 0.289. The molecule has 1 aliphatic heterocycles. The van der Waals surface area contributed by atoms with Crippen LogP contribution < -0.4 is 10.5 Å². The number of hydrogen-bond acceptors (Lipinski definition) is 6. The molecule has 2 heterocycles. The number of thiazole rings is 1. The average molecular weight is 580 g/mol. The number of Topliss-reactive ketones (excluding diaryl/α,β-unsaturated/α-hetero) is 1. The molecule has 0 fully saturated rings. The van der Waals surface area contributed by atoms with Gasteiger partial charge in [0.1, 0.15) is 16.5 Å². The molecular weight excluding hydrogens is 548 g/mol. The van der Waals surface area contributed by atoms with Crippen molar-refractivity contribution in [2.45, 2.75) is 52.4 Å². The number of aromatic nitrogens is 1. The highest BCUT2D eigenvalue weighted by molar-refractivity contribution is 9.10. The highest BCUT2D eigenvalue weighted by atomic mass is 79.9. The standard InChI is InChI=1S/C30H31BrN2O3S/c1-4-5-14-35-21-12-8-19(9-13-21)25-26-23(34)15-30(2,3)16-24(26)36-28(32)27(25)29-33-22(17-37-29)18-6-10-20(31)11-7-18/h6-13,17,25H,4-5,14-16,32H2,1-3H3/t25-/m1/s1. The van der Waals surface area contributed by atoms with Crippen LogP contribution in [0.1, 0.15) is 62.9 Å². The van der Waals surface area contributed by atoms with E-state index in [4.69, 9.17) is 20.2 Å². The summed E-state index contributed by atoms with van der Waals surface area (Å²) < 4.78 is 13.1. The van der Waals surface area contributed by atoms with Crippen molar-refractivity contribution in [3.8, 4) is 17.0 Å². The zero-order valence-corrected chi connectivity index (χ0v) is 23.7. The zero-order chi connectivity index (χ0) is 26.2. The maximum atomic E-state index is 13.6. The predicted octanol–water partition coefficient (Wildman–Crippen LogP) is 7.84. The maximum absolute atomic E-state index is 13.6. The summed E-state index contributed by atoms with van der Waals surface area (Å²) in [6.45, 7) is 7.02. The van der Waals surface area contributed by atoms with Crippen LogP contribution in [0.25, 0.3) is 16.8 Å². The minimum Gasteiger partial charge on any atom is -0.494 e. The van der Waals surface area contributed by atoms with Crippen LogP contribution in [0.5, 0.6) is 5.75 Å². The molecule has 3 aromatic rings. The van der Waals surface area contributed by atoms with E-state index in [0.29, 0.717) is 36.7 Å². The van der Waals surface area contributed by atoms with Gasteiger partial charge in [0.15, 0.2) is 11.7 Å². The summed E-state index contributed by atoms with van der Waals surface area (Å²) in [5.41, 5.74) is 10.7. The van der Waals surface area contributed by atoms with Crippen molar-refractivity contribution in [3.05, 3.63) is 86.2 Å². The number of halogens is 1. The van der Waals surface area contributed by atoms with Crippen molar-refractivity contribution in [2.75, 3.05) is 6.61 Å². The van der Waals surface area contributed by atoms with Crippen molar-refractivity contribution < 1.29 is 14.3 Å². The molecule has 2 N–H and O–H groups in total. The van der Waals surface area contributed by atoms with Gasteiger partial charge in [-0.15, -0.1) is 11.3 Å². The van der Waals surface area contributed by atoms with Gasteiger partial charge in [-0.3, -0.25) is 4.79 Å². The summed E-state index contributed by atoms with van der Waals surface area (Å²) in [7, 11) is 0. The lowest BCUT2D eigenvalue weighted by molar-refractivity contribution is -0.118. The molecular formula is C30H31BrN2O3S. The fourth-order valence-electron chi connectivity index (χ4n) is 4.97. The van der Waals surface area contributed by atoms with Crippen molar-refractivity contribution in [1.82, 2.24) is 4.98 Å². The van der Waals surface area contributed by atoms with Gasteiger partial charge in [-0.25, -0.2) is 4.98 Å². The van der Waals surface area contributed by atoms with E-state index in [0.717, 1.165) is 50.5 Å². The smallest absolute Gasteiger partial charge is 0.197 e. The van der Waals surface area contributed by atoms with E-state index in [2.05, 4.69) is 36.7 Å². The van der Waals surface area contributed by atoms with Crippen molar-refractivity contribution in [3.63, 3.8) is 0 Å². The van der Waals surface area contributed by atoms with Crippen molar-refractivity contribution in [1.29, 1.82) is 0 Å². The molecule has 0 amide bonds. The number of nitrogens with two attached hydrogens (primary N) is 1. The molecule has 37 heavy (non-hydrogen) atoms. The van der Waals surface area contributed by atoms with E-state index >= 15 is 0 Å². The fourth-order valence-corrected chi connectivity index (χ4v) is 6.14. The molecule has 2 aliphatic rings. The first-order valence-corrected chi connectivity index (χ1v) is 14.3. The SMILES string of the molecule is CCCCOc1ccc([C@@H]2C3=C(CC(C)(C)CC3=O)OC(N)=C2c2nc(-c3ccc(Br)cc3)cs2)cc1. The molecule has 1 atom stereocenters. The third-order valence-corrected chi connectivity index (χ3v) is 8.21. The van der Waals surface area contributed by atoms with E-state index < -0.39 is 0 Å². The van der Waals surface area contributed by atoms with E-state index in [1.807, 2.05) is 53.9 Å². The molecule has 2 aromatic carbocycles. The normalized spacial score (nSPS) is 19.0. The Labute approximate surface area is 230 Å². The lowest BCUT2D eigenvalue weighted by atomic mass is 9.70. The molecule has 1 aliphatic carbocycles. The minimum absolute atomic E-state index is 0.106. The second kappa shape index (κ2) is 10.5. The molecule has 5 rings (SSSR count).